The van der Waals surface area contributed by atoms with Gasteiger partial charge in [0.2, 0.25) is 0 Å². The predicted molar refractivity (Wildman–Crippen MR) is 93.0 cm³/mol. The van der Waals surface area contributed by atoms with Crippen molar-refractivity contribution in [3.05, 3.63) is 30.2 Å². The quantitative estimate of drug-likeness (QED) is 0.754. The highest BCUT2D eigenvalue weighted by Crippen LogP contribution is 2.38. The number of fused-ring (bicyclic) bond motifs is 3. The molecule has 1 aromatic heterocycles. The van der Waals surface area contributed by atoms with Crippen molar-refractivity contribution in [3.63, 3.8) is 0 Å². The lowest BCUT2D eigenvalue weighted by atomic mass is 9.98. The molecule has 0 N–H and O–H groups in total. The Morgan fingerprint density at radius 2 is 2.20 bits per heavy atom. The van der Waals surface area contributed by atoms with Gasteiger partial charge in [0.05, 0.1) is 31.9 Å². The first kappa shape index (κ1) is 16.4. The maximum Gasteiger partial charge on any atom is 0.161 e. The number of methoxy groups -OCH3 is 1. The number of rotatable bonds is 6. The van der Waals surface area contributed by atoms with Crippen LogP contribution in [-0.4, -0.2) is 42.8 Å². The van der Waals surface area contributed by atoms with E-state index >= 15 is 0 Å². The fraction of sp³-hybridized carbons (Fsp3) is 0.526. The molecular formula is C19H24N2O4. The molecule has 1 aromatic carbocycles. The SMILES string of the molecule is COc1cc2c(cc1OCCOC1CCCCO1)-c1cncn1CC2. The Balaban J connectivity index is 1.43. The van der Waals surface area contributed by atoms with Crippen LogP contribution in [0.25, 0.3) is 11.3 Å². The van der Waals surface area contributed by atoms with Crippen LogP contribution in [0.15, 0.2) is 24.7 Å². The summed E-state index contributed by atoms with van der Waals surface area (Å²) in [7, 11) is 1.67. The van der Waals surface area contributed by atoms with Crippen LogP contribution in [0.1, 0.15) is 24.8 Å². The maximum absolute atomic E-state index is 5.94. The molecule has 6 nitrogen and oxygen atoms in total. The Kier molecular flexibility index (Phi) is 4.90. The van der Waals surface area contributed by atoms with Crippen molar-refractivity contribution in [2.45, 2.75) is 38.5 Å². The van der Waals surface area contributed by atoms with Crippen LogP contribution in [-0.2, 0) is 22.4 Å². The van der Waals surface area contributed by atoms with Crippen molar-refractivity contribution in [1.82, 2.24) is 9.55 Å². The second-order valence-electron chi connectivity index (χ2n) is 6.40. The van der Waals surface area contributed by atoms with Crippen molar-refractivity contribution in [2.24, 2.45) is 0 Å². The van der Waals surface area contributed by atoms with Crippen molar-refractivity contribution in [3.8, 4) is 22.8 Å². The standard InChI is InChI=1S/C19H24N2O4/c1-22-17-10-14-5-6-21-13-20-12-16(21)15(14)11-18(17)23-8-9-25-19-4-2-3-7-24-19/h10-13,19H,2-9H2,1H3. The maximum atomic E-state index is 5.94. The average molecular weight is 344 g/mol. The van der Waals surface area contributed by atoms with Gasteiger partial charge in [-0.2, -0.15) is 0 Å². The molecule has 6 heteroatoms. The van der Waals surface area contributed by atoms with E-state index < -0.39 is 0 Å². The summed E-state index contributed by atoms with van der Waals surface area (Å²) in [5.74, 6) is 1.50. The number of ether oxygens (including phenoxy) is 4. The number of hydrogen-bond donors (Lipinski definition) is 0. The number of nitrogens with zero attached hydrogens (tertiary/aromatic N) is 2. The molecule has 1 atom stereocenters. The molecule has 25 heavy (non-hydrogen) atoms. The van der Waals surface area contributed by atoms with Crippen molar-refractivity contribution < 1.29 is 18.9 Å². The monoisotopic (exact) mass is 344 g/mol. The molecule has 0 spiro atoms. The number of aromatic nitrogens is 2. The minimum absolute atomic E-state index is 0.0860. The summed E-state index contributed by atoms with van der Waals surface area (Å²) in [5, 5.41) is 0. The highest BCUT2D eigenvalue weighted by atomic mass is 16.7. The molecule has 1 fully saturated rings. The molecular weight excluding hydrogens is 320 g/mol. The topological polar surface area (TPSA) is 54.7 Å². The summed E-state index contributed by atoms with van der Waals surface area (Å²) >= 11 is 0. The Bertz CT molecular complexity index is 722. The van der Waals surface area contributed by atoms with E-state index in [-0.39, 0.29) is 6.29 Å². The van der Waals surface area contributed by atoms with Crippen molar-refractivity contribution in [1.29, 1.82) is 0 Å². The molecule has 3 heterocycles. The number of imidazole rings is 1. The molecule has 4 rings (SSSR count). The lowest BCUT2D eigenvalue weighted by molar-refractivity contribution is -0.165. The van der Waals surface area contributed by atoms with Crippen LogP contribution in [0.5, 0.6) is 11.5 Å². The number of aryl methyl sites for hydroxylation is 2. The van der Waals surface area contributed by atoms with Gasteiger partial charge in [-0.05, 0) is 43.4 Å². The second-order valence-corrected chi connectivity index (χ2v) is 6.40. The van der Waals surface area contributed by atoms with Gasteiger partial charge in [-0.3, -0.25) is 0 Å². The van der Waals surface area contributed by atoms with Crippen LogP contribution in [0.2, 0.25) is 0 Å². The van der Waals surface area contributed by atoms with E-state index in [1.54, 1.807) is 7.11 Å². The van der Waals surface area contributed by atoms with Gasteiger partial charge in [-0.15, -0.1) is 0 Å². The summed E-state index contributed by atoms with van der Waals surface area (Å²) in [6, 6.07) is 4.13. The predicted octanol–water partition coefficient (Wildman–Crippen LogP) is 3.04. The van der Waals surface area contributed by atoms with E-state index in [1.165, 1.54) is 5.56 Å². The fourth-order valence-corrected chi connectivity index (χ4v) is 3.46. The first-order valence-corrected chi connectivity index (χ1v) is 8.92. The molecule has 2 aliphatic rings. The van der Waals surface area contributed by atoms with Gasteiger partial charge in [-0.25, -0.2) is 4.98 Å². The summed E-state index contributed by atoms with van der Waals surface area (Å²) in [6.45, 7) is 2.70. The molecule has 0 radical (unpaired) electrons. The van der Waals surface area contributed by atoms with Gasteiger partial charge in [0.15, 0.2) is 17.8 Å². The van der Waals surface area contributed by atoms with Gasteiger partial charge in [0.1, 0.15) is 6.61 Å². The van der Waals surface area contributed by atoms with Crippen LogP contribution in [0.3, 0.4) is 0 Å². The van der Waals surface area contributed by atoms with E-state index in [0.717, 1.165) is 61.6 Å². The van der Waals surface area contributed by atoms with Gasteiger partial charge in [0.25, 0.3) is 0 Å². The van der Waals surface area contributed by atoms with E-state index in [9.17, 15) is 0 Å². The Morgan fingerprint density at radius 1 is 1.24 bits per heavy atom. The molecule has 1 saturated heterocycles. The molecule has 2 aliphatic heterocycles. The van der Waals surface area contributed by atoms with Crippen molar-refractivity contribution >= 4 is 0 Å². The fourth-order valence-electron chi connectivity index (χ4n) is 3.46. The van der Waals surface area contributed by atoms with Crippen molar-refractivity contribution in [2.75, 3.05) is 26.9 Å². The molecule has 0 saturated carbocycles. The third-order valence-corrected chi connectivity index (χ3v) is 4.78. The summed E-state index contributed by atoms with van der Waals surface area (Å²) in [4.78, 5) is 4.26. The minimum Gasteiger partial charge on any atom is -0.493 e. The second kappa shape index (κ2) is 7.45. The van der Waals surface area contributed by atoms with Gasteiger partial charge in [-0.1, -0.05) is 0 Å². The third-order valence-electron chi connectivity index (χ3n) is 4.78. The van der Waals surface area contributed by atoms with E-state index in [2.05, 4.69) is 21.7 Å². The van der Waals surface area contributed by atoms with Gasteiger partial charge >= 0.3 is 0 Å². The zero-order valence-corrected chi connectivity index (χ0v) is 14.6. The van der Waals surface area contributed by atoms with Gasteiger partial charge in [0, 0.05) is 18.7 Å². The Morgan fingerprint density at radius 3 is 3.04 bits per heavy atom. The van der Waals surface area contributed by atoms with Crippen LogP contribution in [0, 0.1) is 0 Å². The first-order chi connectivity index (χ1) is 12.3. The molecule has 0 bridgehead atoms. The van der Waals surface area contributed by atoms with Gasteiger partial charge < -0.3 is 23.5 Å². The van der Waals surface area contributed by atoms with Crippen LogP contribution >= 0.6 is 0 Å². The Labute approximate surface area is 147 Å². The molecule has 0 amide bonds. The highest BCUT2D eigenvalue weighted by Gasteiger charge is 2.20. The third kappa shape index (κ3) is 3.50. The summed E-state index contributed by atoms with van der Waals surface area (Å²) < 4.78 is 24.9. The lowest BCUT2D eigenvalue weighted by Gasteiger charge is -2.23. The zero-order valence-electron chi connectivity index (χ0n) is 14.6. The van der Waals surface area contributed by atoms with E-state index in [0.29, 0.717) is 13.2 Å². The average Bonchev–Trinajstić information content (AvgIpc) is 3.14. The van der Waals surface area contributed by atoms with E-state index in [1.807, 2.05) is 12.5 Å². The largest absolute Gasteiger partial charge is 0.493 e. The summed E-state index contributed by atoms with van der Waals surface area (Å²) in [6.07, 6.45) is 7.91. The number of hydrogen-bond acceptors (Lipinski definition) is 5. The summed E-state index contributed by atoms with van der Waals surface area (Å²) in [5.41, 5.74) is 3.56. The smallest absolute Gasteiger partial charge is 0.161 e. The zero-order chi connectivity index (χ0) is 17.1. The Hall–Kier alpha value is -2.05. The lowest BCUT2D eigenvalue weighted by Crippen LogP contribution is -2.24. The molecule has 2 aromatic rings. The first-order valence-electron chi connectivity index (χ1n) is 8.92. The molecule has 1 unspecified atom stereocenters. The molecule has 134 valence electrons. The highest BCUT2D eigenvalue weighted by molar-refractivity contribution is 5.69. The van der Waals surface area contributed by atoms with Crippen LogP contribution < -0.4 is 9.47 Å². The minimum atomic E-state index is -0.0860. The molecule has 0 aliphatic carbocycles. The van der Waals surface area contributed by atoms with Crippen LogP contribution in [0.4, 0.5) is 0 Å². The number of benzene rings is 1. The normalized spacial score (nSPS) is 19.2. The van der Waals surface area contributed by atoms with E-state index in [4.69, 9.17) is 18.9 Å².